The summed E-state index contributed by atoms with van der Waals surface area (Å²) in [5, 5.41) is 9.60. The number of benzene rings is 5. The van der Waals surface area contributed by atoms with Gasteiger partial charge in [0.25, 0.3) is 5.91 Å². The second kappa shape index (κ2) is 17.9. The molecule has 0 spiro atoms. The van der Waals surface area contributed by atoms with Crippen molar-refractivity contribution in [2.24, 2.45) is 17.8 Å². The topological polar surface area (TPSA) is 184 Å². The molecule has 0 saturated carbocycles. The van der Waals surface area contributed by atoms with Crippen LogP contribution >= 0.6 is 0 Å². The number of imidazole rings is 2. The number of fused-ring (bicyclic) bond motifs is 6. The molecule has 6 atom stereocenters. The molecule has 2 aromatic heterocycles. The Hall–Kier alpha value is -7.00. The number of nitrogens with one attached hydrogen (secondary N) is 4. The maximum absolute atomic E-state index is 14.4. The molecule has 2 aliphatic rings. The van der Waals surface area contributed by atoms with E-state index >= 15 is 0 Å². The standard InChI is InChI=1S/C50H54N8O7/c1-27(2)41(55-49(61)64-5)47(59)57-24-28(3)20-39(57)45-51-37-18-14-33-22-31(12-16-35(33)43(37)53-45)32-13-17-36-34(23-32)15-19-38-44(36)54-46(52-38)40-21-29(26-63-4)25-58(40)48(60)42(56-50(62)65-6)30-10-8-7-9-11-30/h7-19,22-23,27-29,39-42H,20-21,24-26H2,1-6H3,(H,51,53)(H,52,54)(H,55,61)(H,56,62)/t28-,29-,39-,40-,41?,42+/m0/s1. The maximum Gasteiger partial charge on any atom is 0.407 e. The van der Waals surface area contributed by atoms with E-state index in [4.69, 9.17) is 24.2 Å². The molecule has 65 heavy (non-hydrogen) atoms. The quantitative estimate of drug-likeness (QED) is 0.0992. The largest absolute Gasteiger partial charge is 0.453 e. The van der Waals surface area contributed by atoms with Crippen molar-refractivity contribution in [2.75, 3.05) is 41.0 Å². The first-order chi connectivity index (χ1) is 31.4. The predicted octanol–water partition coefficient (Wildman–Crippen LogP) is 8.34. The van der Waals surface area contributed by atoms with Gasteiger partial charge in [0.2, 0.25) is 5.91 Å². The van der Waals surface area contributed by atoms with Gasteiger partial charge in [0.15, 0.2) is 0 Å². The molecule has 4 amide bonds. The number of aromatic amines is 2. The molecule has 336 valence electrons. The van der Waals surface area contributed by atoms with Gasteiger partial charge in [-0.3, -0.25) is 9.59 Å². The molecule has 2 fully saturated rings. The van der Waals surface area contributed by atoms with Crippen molar-refractivity contribution in [3.63, 3.8) is 0 Å². The molecule has 7 aromatic rings. The number of rotatable bonds is 11. The van der Waals surface area contributed by atoms with Gasteiger partial charge in [0.1, 0.15) is 23.7 Å². The number of alkyl carbamates (subject to hydrolysis) is 2. The molecular weight excluding hydrogens is 825 g/mol. The third kappa shape index (κ3) is 8.32. The Kier molecular flexibility index (Phi) is 11.9. The van der Waals surface area contributed by atoms with Crippen LogP contribution in [0.1, 0.15) is 69.0 Å². The number of hydrogen-bond donors (Lipinski definition) is 4. The van der Waals surface area contributed by atoms with Gasteiger partial charge in [-0.25, -0.2) is 19.6 Å². The molecule has 4 heterocycles. The first-order valence-electron chi connectivity index (χ1n) is 22.1. The molecule has 15 nitrogen and oxygen atoms in total. The van der Waals surface area contributed by atoms with Crippen molar-refractivity contribution in [3.8, 4) is 11.1 Å². The van der Waals surface area contributed by atoms with E-state index in [2.05, 4.69) is 76.1 Å². The van der Waals surface area contributed by atoms with Crippen molar-refractivity contribution in [2.45, 2.75) is 57.8 Å². The van der Waals surface area contributed by atoms with Crippen molar-refractivity contribution in [1.29, 1.82) is 0 Å². The Morgan fingerprint density at radius 2 is 1.25 bits per heavy atom. The van der Waals surface area contributed by atoms with E-state index in [0.29, 0.717) is 37.5 Å². The molecule has 2 saturated heterocycles. The fourth-order valence-corrected chi connectivity index (χ4v) is 9.82. The van der Waals surface area contributed by atoms with E-state index in [1.165, 1.54) is 14.2 Å². The second-order valence-electron chi connectivity index (χ2n) is 17.8. The van der Waals surface area contributed by atoms with Crippen molar-refractivity contribution < 1.29 is 33.4 Å². The number of H-pyrrole nitrogens is 2. The van der Waals surface area contributed by atoms with Crippen LogP contribution in [0.3, 0.4) is 0 Å². The van der Waals surface area contributed by atoms with Crippen LogP contribution in [0.2, 0.25) is 0 Å². The molecular formula is C50H54N8O7. The molecule has 4 N–H and O–H groups in total. The highest BCUT2D eigenvalue weighted by molar-refractivity contribution is 6.07. The Morgan fingerprint density at radius 1 is 0.692 bits per heavy atom. The van der Waals surface area contributed by atoms with Gasteiger partial charge in [0.05, 0.1) is 55.0 Å². The van der Waals surface area contributed by atoms with E-state index in [-0.39, 0.29) is 41.7 Å². The Bertz CT molecular complexity index is 2930. The normalized spacial score (nSPS) is 19.6. The monoisotopic (exact) mass is 878 g/mol. The third-order valence-electron chi connectivity index (χ3n) is 13.0. The minimum atomic E-state index is -0.944. The summed E-state index contributed by atoms with van der Waals surface area (Å²) in [6, 6.07) is 27.9. The number of methoxy groups -OCH3 is 3. The number of carbonyl (C=O) groups is 4. The molecule has 0 bridgehead atoms. The summed E-state index contributed by atoms with van der Waals surface area (Å²) in [5.74, 6) is 1.20. The van der Waals surface area contributed by atoms with Gasteiger partial charge < -0.3 is 44.6 Å². The average molecular weight is 879 g/mol. The predicted molar refractivity (Wildman–Crippen MR) is 248 cm³/mol. The smallest absolute Gasteiger partial charge is 0.407 e. The number of likely N-dealkylation sites (tertiary alicyclic amines) is 2. The van der Waals surface area contributed by atoms with Crippen LogP contribution in [-0.4, -0.2) is 101 Å². The van der Waals surface area contributed by atoms with E-state index in [1.54, 1.807) is 12.0 Å². The highest BCUT2D eigenvalue weighted by atomic mass is 16.5. The van der Waals surface area contributed by atoms with Gasteiger partial charge in [-0.2, -0.15) is 0 Å². The summed E-state index contributed by atoms with van der Waals surface area (Å²) < 4.78 is 15.3. The lowest BCUT2D eigenvalue weighted by atomic mass is 9.98. The molecule has 0 radical (unpaired) electrons. The summed E-state index contributed by atoms with van der Waals surface area (Å²) in [4.78, 5) is 73.8. The van der Waals surface area contributed by atoms with Crippen molar-refractivity contribution >= 4 is 67.6 Å². The summed E-state index contributed by atoms with van der Waals surface area (Å²) in [7, 11) is 4.24. The first kappa shape index (κ1) is 43.3. The highest BCUT2D eigenvalue weighted by Gasteiger charge is 2.42. The van der Waals surface area contributed by atoms with Crippen molar-refractivity contribution in [1.82, 2.24) is 40.4 Å². The Labute approximate surface area is 376 Å². The molecule has 9 rings (SSSR count). The SMILES string of the molecule is COC[C@H]1C[C@@H](c2nc3ccc4cc(-c5ccc6c(ccc7nc([C@@H]8C[C@H](C)CN8C(=O)C(NC(=O)OC)C(C)C)[nH]c76)c5)ccc4c3[nH]2)N(C(=O)[C@H](NC(=O)OC)c2ccccc2)C1. The van der Waals surface area contributed by atoms with Crippen LogP contribution in [0.4, 0.5) is 9.59 Å². The van der Waals surface area contributed by atoms with E-state index in [1.807, 2.05) is 61.2 Å². The summed E-state index contributed by atoms with van der Waals surface area (Å²) in [6.07, 6.45) is 0.0734. The lowest BCUT2D eigenvalue weighted by Crippen LogP contribution is -2.51. The zero-order valence-corrected chi connectivity index (χ0v) is 37.4. The number of amides is 4. The first-order valence-corrected chi connectivity index (χ1v) is 22.1. The summed E-state index contributed by atoms with van der Waals surface area (Å²) in [5.41, 5.74) is 6.17. The zero-order valence-electron chi connectivity index (χ0n) is 37.4. The number of carbonyl (C=O) groups excluding carboxylic acids is 4. The second-order valence-corrected chi connectivity index (χ2v) is 17.8. The molecule has 15 heteroatoms. The van der Waals surface area contributed by atoms with Gasteiger partial charge in [-0.1, -0.05) is 87.5 Å². The van der Waals surface area contributed by atoms with Crippen LogP contribution in [0.25, 0.3) is 54.7 Å². The van der Waals surface area contributed by atoms with Crippen LogP contribution < -0.4 is 10.6 Å². The van der Waals surface area contributed by atoms with Crippen LogP contribution in [-0.2, 0) is 23.8 Å². The Balaban J connectivity index is 0.993. The minimum absolute atomic E-state index is 0.0716. The van der Waals surface area contributed by atoms with Crippen LogP contribution in [0, 0.1) is 17.8 Å². The number of nitrogens with zero attached hydrogens (tertiary/aromatic N) is 4. The summed E-state index contributed by atoms with van der Waals surface area (Å²) in [6.45, 7) is 7.44. The zero-order chi connectivity index (χ0) is 45.5. The molecule has 1 unspecified atom stereocenters. The van der Waals surface area contributed by atoms with E-state index in [9.17, 15) is 19.2 Å². The molecule has 5 aromatic carbocycles. The highest BCUT2D eigenvalue weighted by Crippen LogP contribution is 2.40. The van der Waals surface area contributed by atoms with E-state index in [0.717, 1.165) is 67.0 Å². The fourth-order valence-electron chi connectivity index (χ4n) is 9.82. The van der Waals surface area contributed by atoms with Crippen LogP contribution in [0.5, 0.6) is 0 Å². The number of hydrogen-bond acceptors (Lipinski definition) is 9. The molecule has 0 aliphatic carbocycles. The Morgan fingerprint density at radius 3 is 1.80 bits per heavy atom. The average Bonchev–Trinajstić information content (AvgIpc) is 4.14. The van der Waals surface area contributed by atoms with Gasteiger partial charge in [0, 0.05) is 36.9 Å². The number of ether oxygens (including phenoxy) is 3. The fraction of sp³-hybridized carbons (Fsp3) is 0.360. The van der Waals surface area contributed by atoms with Gasteiger partial charge in [-0.15, -0.1) is 0 Å². The van der Waals surface area contributed by atoms with Gasteiger partial charge >= 0.3 is 12.2 Å². The van der Waals surface area contributed by atoms with E-state index < -0.39 is 24.3 Å². The third-order valence-corrected chi connectivity index (χ3v) is 13.0. The van der Waals surface area contributed by atoms with Crippen LogP contribution in [0.15, 0.2) is 91.0 Å². The number of aromatic nitrogens is 4. The lowest BCUT2D eigenvalue weighted by molar-refractivity contribution is -0.136. The lowest BCUT2D eigenvalue weighted by Gasteiger charge is -2.30. The minimum Gasteiger partial charge on any atom is -0.453 e. The molecule has 2 aliphatic heterocycles. The summed E-state index contributed by atoms with van der Waals surface area (Å²) >= 11 is 0. The van der Waals surface area contributed by atoms with Gasteiger partial charge in [-0.05, 0) is 76.4 Å². The maximum atomic E-state index is 14.4. The van der Waals surface area contributed by atoms with Crippen molar-refractivity contribution in [3.05, 3.63) is 108 Å².